The number of rotatable bonds is 5. The predicted octanol–water partition coefficient (Wildman–Crippen LogP) is 2.24. The highest BCUT2D eigenvalue weighted by Crippen LogP contribution is 2.25. The molecule has 1 fully saturated rings. The van der Waals surface area contributed by atoms with Crippen LogP contribution in [-0.4, -0.2) is 53.6 Å². The average Bonchev–Trinajstić information content (AvgIpc) is 2.85. The molecule has 1 aliphatic rings. The quantitative estimate of drug-likeness (QED) is 0.896. The maximum Gasteiger partial charge on any atom is 0.232 e. The summed E-state index contributed by atoms with van der Waals surface area (Å²) >= 11 is 9.01. The number of ether oxygens (including phenoxy) is 1. The Kier molecular flexibility index (Phi) is 6.17. The highest BCUT2D eigenvalue weighted by atomic mass is 35.5. The number of carbonyl (C=O) groups excluding carboxylic acids is 1. The molecule has 0 aliphatic carbocycles. The Morgan fingerprint density at radius 1 is 1.65 bits per heavy atom. The Balaban J connectivity index is 1.78. The molecule has 0 saturated carbocycles. The second-order valence-electron chi connectivity index (χ2n) is 4.73. The topological polar surface area (TPSA) is 49.8 Å². The first-order chi connectivity index (χ1) is 9.60. The molecular weight excluding hydrogens is 318 g/mol. The number of aliphatic hydroxyl groups is 1. The van der Waals surface area contributed by atoms with Gasteiger partial charge >= 0.3 is 0 Å². The summed E-state index contributed by atoms with van der Waals surface area (Å²) in [4.78, 5) is 15.2. The number of amides is 1. The molecule has 1 saturated heterocycles. The Bertz CT molecular complexity index is 455. The van der Waals surface area contributed by atoms with E-state index in [0.29, 0.717) is 18.9 Å². The van der Waals surface area contributed by atoms with E-state index in [-0.39, 0.29) is 24.7 Å². The van der Waals surface area contributed by atoms with Gasteiger partial charge in [0.15, 0.2) is 0 Å². The Morgan fingerprint density at radius 2 is 2.45 bits per heavy atom. The van der Waals surface area contributed by atoms with E-state index in [2.05, 4.69) is 0 Å². The lowest BCUT2D eigenvalue weighted by Crippen LogP contribution is -2.52. The van der Waals surface area contributed by atoms with Gasteiger partial charge in [0, 0.05) is 17.2 Å². The minimum Gasteiger partial charge on any atom is -0.394 e. The molecule has 1 aromatic rings. The molecular formula is C13H18ClNO3S2. The third kappa shape index (κ3) is 4.36. The van der Waals surface area contributed by atoms with E-state index in [9.17, 15) is 4.79 Å². The van der Waals surface area contributed by atoms with Gasteiger partial charge in [0.2, 0.25) is 5.91 Å². The van der Waals surface area contributed by atoms with Crippen LogP contribution in [0.15, 0.2) is 12.1 Å². The number of morpholine rings is 1. The lowest BCUT2D eigenvalue weighted by atomic mass is 10.2. The van der Waals surface area contributed by atoms with Gasteiger partial charge in [0.1, 0.15) is 0 Å². The molecule has 0 spiro atoms. The van der Waals surface area contributed by atoms with Crippen molar-refractivity contribution in [3.63, 3.8) is 0 Å². The van der Waals surface area contributed by atoms with Gasteiger partial charge in [-0.2, -0.15) is 0 Å². The Labute approximate surface area is 132 Å². The fourth-order valence-electron chi connectivity index (χ4n) is 2.03. The number of thioether (sulfide) groups is 1. The molecule has 2 heterocycles. The van der Waals surface area contributed by atoms with Crippen LogP contribution in [0, 0.1) is 0 Å². The van der Waals surface area contributed by atoms with E-state index in [0.717, 1.165) is 10.1 Å². The van der Waals surface area contributed by atoms with E-state index in [1.54, 1.807) is 28.0 Å². The first-order valence-corrected chi connectivity index (χ1v) is 8.79. The van der Waals surface area contributed by atoms with Crippen LogP contribution in [0.25, 0.3) is 0 Å². The largest absolute Gasteiger partial charge is 0.394 e. The number of halogens is 1. The number of nitrogens with zero attached hydrogens (tertiary/aromatic N) is 1. The summed E-state index contributed by atoms with van der Waals surface area (Å²) in [5.74, 6) is 1.34. The van der Waals surface area contributed by atoms with Crippen molar-refractivity contribution in [3.8, 4) is 0 Å². The third-order valence-electron chi connectivity index (χ3n) is 3.13. The molecule has 0 radical (unpaired) electrons. The van der Waals surface area contributed by atoms with Crippen molar-refractivity contribution >= 4 is 40.6 Å². The van der Waals surface area contributed by atoms with Gasteiger partial charge in [0.05, 0.1) is 35.4 Å². The first kappa shape index (κ1) is 16.1. The van der Waals surface area contributed by atoms with Gasteiger partial charge in [-0.05, 0) is 19.1 Å². The highest BCUT2D eigenvalue weighted by Gasteiger charge is 2.28. The zero-order valence-electron chi connectivity index (χ0n) is 11.3. The van der Waals surface area contributed by atoms with Gasteiger partial charge in [-0.1, -0.05) is 11.6 Å². The molecule has 7 heteroatoms. The molecule has 0 bridgehead atoms. The number of hydrogen-bond donors (Lipinski definition) is 1. The lowest BCUT2D eigenvalue weighted by Gasteiger charge is -2.37. The summed E-state index contributed by atoms with van der Waals surface area (Å²) in [7, 11) is 0. The van der Waals surface area contributed by atoms with Gasteiger partial charge in [0.25, 0.3) is 0 Å². The molecule has 1 aliphatic heterocycles. The van der Waals surface area contributed by atoms with E-state index in [4.69, 9.17) is 21.4 Å². The summed E-state index contributed by atoms with van der Waals surface area (Å²) < 4.78 is 6.21. The normalized spacial score (nSPS) is 23.1. The summed E-state index contributed by atoms with van der Waals surface area (Å²) in [6.45, 7) is 2.89. The minimum atomic E-state index is -0.253. The maximum absolute atomic E-state index is 12.2. The highest BCUT2D eigenvalue weighted by molar-refractivity contribution is 7.99. The minimum absolute atomic E-state index is 0.0443. The van der Waals surface area contributed by atoms with Crippen LogP contribution in [0.5, 0.6) is 0 Å². The maximum atomic E-state index is 12.2. The van der Waals surface area contributed by atoms with Crippen LogP contribution in [0.2, 0.25) is 4.34 Å². The van der Waals surface area contributed by atoms with Crippen LogP contribution in [-0.2, 0) is 15.3 Å². The lowest BCUT2D eigenvalue weighted by molar-refractivity contribution is -0.143. The van der Waals surface area contributed by atoms with Crippen molar-refractivity contribution in [2.24, 2.45) is 0 Å². The van der Waals surface area contributed by atoms with Crippen molar-refractivity contribution in [1.82, 2.24) is 4.90 Å². The van der Waals surface area contributed by atoms with Crippen LogP contribution >= 0.6 is 34.7 Å². The molecule has 112 valence electrons. The third-order valence-corrected chi connectivity index (χ3v) is 5.51. The number of carbonyl (C=O) groups is 1. The van der Waals surface area contributed by atoms with Crippen molar-refractivity contribution in [3.05, 3.63) is 21.3 Å². The van der Waals surface area contributed by atoms with Crippen molar-refractivity contribution in [1.29, 1.82) is 0 Å². The molecule has 20 heavy (non-hydrogen) atoms. The molecule has 0 aromatic carbocycles. The molecule has 2 atom stereocenters. The zero-order chi connectivity index (χ0) is 14.5. The van der Waals surface area contributed by atoms with Crippen LogP contribution < -0.4 is 0 Å². The van der Waals surface area contributed by atoms with Crippen LogP contribution in [0.1, 0.15) is 11.8 Å². The van der Waals surface area contributed by atoms with Crippen LogP contribution in [0.3, 0.4) is 0 Å². The molecule has 1 N–H and O–H groups in total. The Hall–Kier alpha value is -0.270. The molecule has 2 unspecified atom stereocenters. The SMILES string of the molecule is CC1COC(CO)CN1C(=O)CSCc1ccc(Cl)s1. The van der Waals surface area contributed by atoms with Gasteiger partial charge in [-0.15, -0.1) is 23.1 Å². The number of hydrogen-bond acceptors (Lipinski definition) is 5. The van der Waals surface area contributed by atoms with Gasteiger partial charge in [-0.3, -0.25) is 4.79 Å². The smallest absolute Gasteiger partial charge is 0.232 e. The second-order valence-corrected chi connectivity index (χ2v) is 7.52. The summed E-state index contributed by atoms with van der Waals surface area (Å²) in [5.41, 5.74) is 0. The van der Waals surface area contributed by atoms with Crippen molar-refractivity contribution in [2.75, 3.05) is 25.5 Å². The molecule has 4 nitrogen and oxygen atoms in total. The zero-order valence-corrected chi connectivity index (χ0v) is 13.6. The van der Waals surface area contributed by atoms with Crippen molar-refractivity contribution < 1.29 is 14.6 Å². The summed E-state index contributed by atoms with van der Waals surface area (Å²) in [6.07, 6.45) is -0.253. The summed E-state index contributed by atoms with van der Waals surface area (Å²) in [5, 5.41) is 9.12. The fraction of sp³-hybridized carbons (Fsp3) is 0.615. The average molecular weight is 336 g/mol. The van der Waals surface area contributed by atoms with Crippen LogP contribution in [0.4, 0.5) is 0 Å². The molecule has 1 aromatic heterocycles. The second kappa shape index (κ2) is 7.66. The fourth-order valence-corrected chi connectivity index (χ4v) is 4.14. The molecule has 2 rings (SSSR count). The monoisotopic (exact) mass is 335 g/mol. The van der Waals surface area contributed by atoms with E-state index in [1.807, 2.05) is 19.1 Å². The van der Waals surface area contributed by atoms with E-state index >= 15 is 0 Å². The van der Waals surface area contributed by atoms with Gasteiger partial charge in [-0.25, -0.2) is 0 Å². The number of aliphatic hydroxyl groups excluding tert-OH is 1. The standard InChI is InChI=1S/C13H18ClNO3S2/c1-9-6-18-10(5-16)4-15(9)13(17)8-19-7-11-2-3-12(14)20-11/h2-3,9-10,16H,4-8H2,1H3. The predicted molar refractivity (Wildman–Crippen MR) is 83.5 cm³/mol. The first-order valence-electron chi connectivity index (χ1n) is 6.44. The molecule has 1 amide bonds. The van der Waals surface area contributed by atoms with Crippen molar-refractivity contribution in [2.45, 2.75) is 24.8 Å². The van der Waals surface area contributed by atoms with E-state index < -0.39 is 0 Å². The van der Waals surface area contributed by atoms with Gasteiger partial charge < -0.3 is 14.7 Å². The van der Waals surface area contributed by atoms with E-state index in [1.165, 1.54) is 4.88 Å². The summed E-state index contributed by atoms with van der Waals surface area (Å²) in [6, 6.07) is 3.94. The number of thiophene rings is 1. The Morgan fingerprint density at radius 3 is 3.10 bits per heavy atom.